The molecule has 0 aliphatic rings. The molecule has 0 bridgehead atoms. The molecule has 0 spiro atoms. The molecule has 1 aromatic carbocycles. The van der Waals surface area contributed by atoms with Crippen LogP contribution in [0.2, 0.25) is 0 Å². The first-order valence-electron chi connectivity index (χ1n) is 5.68. The minimum Gasteiger partial charge on any atom is -0.497 e. The Hall–Kier alpha value is -1.51. The van der Waals surface area contributed by atoms with Crippen LogP contribution in [0.4, 0.5) is 5.69 Å². The number of anilines is 1. The van der Waals surface area contributed by atoms with Gasteiger partial charge in [-0.3, -0.25) is 4.79 Å². The first-order chi connectivity index (χ1) is 7.71. The van der Waals surface area contributed by atoms with Crippen molar-refractivity contribution in [3.8, 4) is 5.75 Å². The van der Waals surface area contributed by atoms with E-state index < -0.39 is 0 Å². The Morgan fingerprint density at radius 1 is 1.38 bits per heavy atom. The summed E-state index contributed by atoms with van der Waals surface area (Å²) in [5.41, 5.74) is 2.03. The van der Waals surface area contributed by atoms with E-state index in [4.69, 9.17) is 4.74 Å². The van der Waals surface area contributed by atoms with Crippen LogP contribution in [0.3, 0.4) is 0 Å². The molecule has 0 aliphatic heterocycles. The number of amides is 1. The van der Waals surface area contributed by atoms with Gasteiger partial charge in [0.1, 0.15) is 5.75 Å². The number of nitrogens with one attached hydrogen (secondary N) is 1. The minimum absolute atomic E-state index is 0.0440. The van der Waals surface area contributed by atoms with E-state index in [9.17, 15) is 4.79 Å². The summed E-state index contributed by atoms with van der Waals surface area (Å²) in [5, 5.41) is 2.90. The van der Waals surface area contributed by atoms with Gasteiger partial charge in [0.25, 0.3) is 0 Å². The zero-order valence-corrected chi connectivity index (χ0v) is 10.2. The maximum absolute atomic E-state index is 11.3. The molecule has 3 nitrogen and oxygen atoms in total. The lowest BCUT2D eigenvalue weighted by Gasteiger charge is -2.11. The van der Waals surface area contributed by atoms with Crippen molar-refractivity contribution in [3.63, 3.8) is 0 Å². The number of benzene rings is 1. The first-order valence-corrected chi connectivity index (χ1v) is 5.68. The Kier molecular flexibility index (Phi) is 4.83. The quantitative estimate of drug-likeness (QED) is 0.830. The zero-order valence-electron chi connectivity index (χ0n) is 10.2. The lowest BCUT2D eigenvalue weighted by Crippen LogP contribution is -2.11. The van der Waals surface area contributed by atoms with Crippen LogP contribution in [-0.2, 0) is 11.2 Å². The molecule has 0 aliphatic carbocycles. The summed E-state index contributed by atoms with van der Waals surface area (Å²) >= 11 is 0. The van der Waals surface area contributed by atoms with Gasteiger partial charge in [0.2, 0.25) is 5.91 Å². The molecule has 1 amide bonds. The van der Waals surface area contributed by atoms with Crippen molar-refractivity contribution in [2.24, 2.45) is 0 Å². The summed E-state index contributed by atoms with van der Waals surface area (Å²) in [6, 6.07) is 5.75. The fourth-order valence-corrected chi connectivity index (χ4v) is 1.53. The van der Waals surface area contributed by atoms with Gasteiger partial charge in [0, 0.05) is 12.1 Å². The van der Waals surface area contributed by atoms with Crippen LogP contribution < -0.4 is 10.1 Å². The van der Waals surface area contributed by atoms with Gasteiger partial charge in [-0.1, -0.05) is 20.3 Å². The van der Waals surface area contributed by atoms with Crippen molar-refractivity contribution < 1.29 is 9.53 Å². The fourth-order valence-electron chi connectivity index (χ4n) is 1.53. The van der Waals surface area contributed by atoms with Gasteiger partial charge in [0.15, 0.2) is 0 Å². The molecule has 1 N–H and O–H groups in total. The Balaban J connectivity index is 2.93. The summed E-state index contributed by atoms with van der Waals surface area (Å²) in [6.07, 6.45) is 2.48. The SMILES string of the molecule is CCCc1cc(OC)ccc1NC(=O)CC. The second-order valence-electron chi connectivity index (χ2n) is 3.67. The highest BCUT2D eigenvalue weighted by Crippen LogP contribution is 2.23. The highest BCUT2D eigenvalue weighted by molar-refractivity contribution is 5.91. The molecular formula is C13H19NO2. The van der Waals surface area contributed by atoms with Crippen molar-refractivity contribution in [3.05, 3.63) is 23.8 Å². The molecule has 88 valence electrons. The molecule has 3 heteroatoms. The Morgan fingerprint density at radius 3 is 2.69 bits per heavy atom. The zero-order chi connectivity index (χ0) is 12.0. The van der Waals surface area contributed by atoms with E-state index in [-0.39, 0.29) is 5.91 Å². The van der Waals surface area contributed by atoms with Gasteiger partial charge >= 0.3 is 0 Å². The van der Waals surface area contributed by atoms with Gasteiger partial charge < -0.3 is 10.1 Å². The standard InChI is InChI=1S/C13H19NO2/c1-4-6-10-9-11(16-3)7-8-12(10)14-13(15)5-2/h7-9H,4-6H2,1-3H3,(H,14,15). The van der Waals surface area contributed by atoms with Crippen LogP contribution in [0.1, 0.15) is 32.3 Å². The smallest absolute Gasteiger partial charge is 0.224 e. The second kappa shape index (κ2) is 6.16. The lowest BCUT2D eigenvalue weighted by molar-refractivity contribution is -0.115. The van der Waals surface area contributed by atoms with Gasteiger partial charge in [0.05, 0.1) is 7.11 Å². The van der Waals surface area contributed by atoms with Crippen molar-refractivity contribution in [2.75, 3.05) is 12.4 Å². The molecule has 0 unspecified atom stereocenters. The van der Waals surface area contributed by atoms with Gasteiger partial charge in [-0.15, -0.1) is 0 Å². The molecular weight excluding hydrogens is 202 g/mol. The number of carbonyl (C=O) groups excluding carboxylic acids is 1. The Morgan fingerprint density at radius 2 is 2.12 bits per heavy atom. The average molecular weight is 221 g/mol. The van der Waals surface area contributed by atoms with E-state index in [1.807, 2.05) is 25.1 Å². The third-order valence-electron chi connectivity index (χ3n) is 2.43. The highest BCUT2D eigenvalue weighted by atomic mass is 16.5. The lowest BCUT2D eigenvalue weighted by atomic mass is 10.1. The summed E-state index contributed by atoms with van der Waals surface area (Å²) in [4.78, 5) is 11.3. The topological polar surface area (TPSA) is 38.3 Å². The van der Waals surface area contributed by atoms with E-state index in [2.05, 4.69) is 12.2 Å². The number of carbonyl (C=O) groups is 1. The van der Waals surface area contributed by atoms with Crippen LogP contribution in [-0.4, -0.2) is 13.0 Å². The molecule has 1 aromatic rings. The van der Waals surface area contributed by atoms with E-state index in [1.165, 1.54) is 0 Å². The van der Waals surface area contributed by atoms with E-state index in [0.717, 1.165) is 29.8 Å². The van der Waals surface area contributed by atoms with Crippen LogP contribution in [0.5, 0.6) is 5.75 Å². The monoisotopic (exact) mass is 221 g/mol. The highest BCUT2D eigenvalue weighted by Gasteiger charge is 2.06. The molecule has 0 atom stereocenters. The number of methoxy groups -OCH3 is 1. The fraction of sp³-hybridized carbons (Fsp3) is 0.462. The van der Waals surface area contributed by atoms with Crippen molar-refractivity contribution in [1.29, 1.82) is 0 Å². The predicted octanol–water partition coefficient (Wildman–Crippen LogP) is 3.00. The number of rotatable bonds is 5. The molecule has 0 heterocycles. The minimum atomic E-state index is 0.0440. The van der Waals surface area contributed by atoms with Crippen LogP contribution in [0.15, 0.2) is 18.2 Å². The third kappa shape index (κ3) is 3.26. The van der Waals surface area contributed by atoms with E-state index in [1.54, 1.807) is 7.11 Å². The third-order valence-corrected chi connectivity index (χ3v) is 2.43. The first kappa shape index (κ1) is 12.6. The van der Waals surface area contributed by atoms with Crippen LogP contribution >= 0.6 is 0 Å². The molecule has 0 saturated heterocycles. The summed E-state index contributed by atoms with van der Waals surface area (Å²) < 4.78 is 5.17. The largest absolute Gasteiger partial charge is 0.497 e. The molecule has 0 radical (unpaired) electrons. The van der Waals surface area contributed by atoms with E-state index >= 15 is 0 Å². The molecule has 0 aromatic heterocycles. The van der Waals surface area contributed by atoms with Gasteiger partial charge in [-0.2, -0.15) is 0 Å². The van der Waals surface area contributed by atoms with Crippen molar-refractivity contribution in [2.45, 2.75) is 33.1 Å². The molecule has 0 fully saturated rings. The number of hydrogen-bond acceptors (Lipinski definition) is 2. The maximum atomic E-state index is 11.3. The Bertz CT molecular complexity index is 361. The summed E-state index contributed by atoms with van der Waals surface area (Å²) in [5.74, 6) is 0.875. The van der Waals surface area contributed by atoms with Gasteiger partial charge in [-0.25, -0.2) is 0 Å². The summed E-state index contributed by atoms with van der Waals surface area (Å²) in [7, 11) is 1.65. The van der Waals surface area contributed by atoms with Crippen molar-refractivity contribution >= 4 is 11.6 Å². The number of hydrogen-bond donors (Lipinski definition) is 1. The molecule has 1 rings (SSSR count). The molecule has 16 heavy (non-hydrogen) atoms. The van der Waals surface area contributed by atoms with Crippen molar-refractivity contribution in [1.82, 2.24) is 0 Å². The average Bonchev–Trinajstić information content (AvgIpc) is 2.31. The number of aryl methyl sites for hydroxylation is 1. The number of ether oxygens (including phenoxy) is 1. The normalized spacial score (nSPS) is 9.94. The Labute approximate surface area is 96.8 Å². The molecule has 0 saturated carbocycles. The predicted molar refractivity (Wildman–Crippen MR) is 65.9 cm³/mol. The van der Waals surface area contributed by atoms with Gasteiger partial charge in [-0.05, 0) is 30.2 Å². The van der Waals surface area contributed by atoms with Crippen LogP contribution in [0, 0.1) is 0 Å². The van der Waals surface area contributed by atoms with Crippen LogP contribution in [0.25, 0.3) is 0 Å². The maximum Gasteiger partial charge on any atom is 0.224 e. The summed E-state index contributed by atoms with van der Waals surface area (Å²) in [6.45, 7) is 3.96. The second-order valence-corrected chi connectivity index (χ2v) is 3.67. The van der Waals surface area contributed by atoms with E-state index in [0.29, 0.717) is 6.42 Å².